The van der Waals surface area contributed by atoms with Crippen LogP contribution in [0.25, 0.3) is 21.7 Å². The Kier molecular flexibility index (Phi) is 3.79. The van der Waals surface area contributed by atoms with E-state index in [2.05, 4.69) is 28.5 Å². The average molecular weight is 294 g/mol. The van der Waals surface area contributed by atoms with Gasteiger partial charge in [-0.2, -0.15) is 0 Å². The van der Waals surface area contributed by atoms with Gasteiger partial charge in [0.1, 0.15) is 9.88 Å². The summed E-state index contributed by atoms with van der Waals surface area (Å²) in [7, 11) is 1.62. The van der Waals surface area contributed by atoms with E-state index < -0.39 is 0 Å². The largest absolute Gasteiger partial charge is 0.354 e. The van der Waals surface area contributed by atoms with Crippen LogP contribution in [-0.4, -0.2) is 17.9 Å². The van der Waals surface area contributed by atoms with E-state index in [1.165, 1.54) is 11.3 Å². The third kappa shape index (κ3) is 2.71. The Morgan fingerprint density at radius 2 is 1.67 bits per heavy atom. The number of hydrogen-bond acceptors (Lipinski definition) is 3. The van der Waals surface area contributed by atoms with Crippen molar-refractivity contribution in [2.75, 3.05) is 7.05 Å². The van der Waals surface area contributed by atoms with Gasteiger partial charge in [0, 0.05) is 12.6 Å². The minimum atomic E-state index is -0.101. The first-order valence-corrected chi connectivity index (χ1v) is 7.44. The summed E-state index contributed by atoms with van der Waals surface area (Å²) < 4.78 is 0. The van der Waals surface area contributed by atoms with Crippen molar-refractivity contribution >= 4 is 17.2 Å². The van der Waals surface area contributed by atoms with Gasteiger partial charge in [-0.3, -0.25) is 4.79 Å². The maximum atomic E-state index is 11.7. The zero-order valence-electron chi connectivity index (χ0n) is 11.5. The number of rotatable bonds is 3. The fourth-order valence-electron chi connectivity index (χ4n) is 2.17. The second kappa shape index (κ2) is 5.89. The number of carbonyl (C=O) groups is 1. The molecule has 21 heavy (non-hydrogen) atoms. The molecule has 4 heteroatoms. The van der Waals surface area contributed by atoms with Gasteiger partial charge in [-0.1, -0.05) is 54.6 Å². The van der Waals surface area contributed by atoms with Crippen LogP contribution in [0.2, 0.25) is 0 Å². The highest BCUT2D eigenvalue weighted by Crippen LogP contribution is 2.34. The summed E-state index contributed by atoms with van der Waals surface area (Å²) in [6.45, 7) is 0. The average Bonchev–Trinajstić information content (AvgIpc) is 3.05. The van der Waals surface area contributed by atoms with Crippen molar-refractivity contribution in [3.05, 3.63) is 65.7 Å². The lowest BCUT2D eigenvalue weighted by molar-refractivity contribution is 0.0967. The van der Waals surface area contributed by atoms with E-state index in [1.54, 1.807) is 13.2 Å². The molecule has 1 aromatic heterocycles. The first-order valence-electron chi connectivity index (χ1n) is 6.62. The molecule has 0 atom stereocenters. The number of benzene rings is 2. The normalized spacial score (nSPS) is 10.3. The molecule has 104 valence electrons. The Bertz CT molecular complexity index is 765. The number of hydrogen-bond donors (Lipinski definition) is 1. The van der Waals surface area contributed by atoms with E-state index in [9.17, 15) is 4.79 Å². The molecule has 0 aliphatic rings. The summed E-state index contributed by atoms with van der Waals surface area (Å²) in [5.74, 6) is -0.101. The molecule has 0 saturated carbocycles. The summed E-state index contributed by atoms with van der Waals surface area (Å²) in [6, 6.07) is 18.3. The zero-order valence-corrected chi connectivity index (χ0v) is 12.4. The van der Waals surface area contributed by atoms with Gasteiger partial charge in [-0.05, 0) is 11.1 Å². The smallest absolute Gasteiger partial charge is 0.262 e. The predicted molar refractivity (Wildman–Crippen MR) is 86.4 cm³/mol. The Morgan fingerprint density at radius 1 is 1.00 bits per heavy atom. The van der Waals surface area contributed by atoms with Crippen molar-refractivity contribution < 1.29 is 4.79 Å². The van der Waals surface area contributed by atoms with Crippen molar-refractivity contribution in [1.82, 2.24) is 10.3 Å². The molecule has 2 aromatic carbocycles. The van der Waals surface area contributed by atoms with Crippen LogP contribution >= 0.6 is 11.3 Å². The number of aromatic nitrogens is 1. The van der Waals surface area contributed by atoms with E-state index in [1.807, 2.05) is 36.4 Å². The SMILES string of the molecule is CNC(=O)c1cnc(-c2ccccc2-c2ccccc2)s1. The number of amides is 1. The van der Waals surface area contributed by atoms with Gasteiger partial charge >= 0.3 is 0 Å². The number of carbonyl (C=O) groups excluding carboxylic acids is 1. The van der Waals surface area contributed by atoms with E-state index >= 15 is 0 Å². The van der Waals surface area contributed by atoms with Crippen LogP contribution in [0.1, 0.15) is 9.67 Å². The molecule has 0 saturated heterocycles. The fourth-order valence-corrected chi connectivity index (χ4v) is 3.07. The Hall–Kier alpha value is -2.46. The molecule has 0 unspecified atom stereocenters. The highest BCUT2D eigenvalue weighted by Gasteiger charge is 2.13. The third-order valence-electron chi connectivity index (χ3n) is 3.20. The lowest BCUT2D eigenvalue weighted by Crippen LogP contribution is -2.16. The molecular formula is C17H14N2OS. The molecule has 0 fully saturated rings. The molecule has 3 nitrogen and oxygen atoms in total. The predicted octanol–water partition coefficient (Wildman–Crippen LogP) is 3.84. The third-order valence-corrected chi connectivity index (χ3v) is 4.23. The molecule has 0 aliphatic heterocycles. The van der Waals surface area contributed by atoms with E-state index in [0.717, 1.165) is 21.7 Å². The van der Waals surface area contributed by atoms with Gasteiger partial charge in [0.2, 0.25) is 0 Å². The maximum absolute atomic E-state index is 11.7. The summed E-state index contributed by atoms with van der Waals surface area (Å²) in [5, 5.41) is 3.48. The number of thiazole rings is 1. The van der Waals surface area contributed by atoms with Crippen LogP contribution in [-0.2, 0) is 0 Å². The zero-order chi connectivity index (χ0) is 14.7. The molecule has 1 amide bonds. The quantitative estimate of drug-likeness (QED) is 0.797. The molecular weight excluding hydrogens is 280 g/mol. The lowest BCUT2D eigenvalue weighted by atomic mass is 10.0. The highest BCUT2D eigenvalue weighted by atomic mass is 32.1. The standard InChI is InChI=1S/C17H14N2OS/c1-18-16(20)15-11-19-17(21-15)14-10-6-5-9-13(14)12-7-3-2-4-8-12/h2-11H,1H3,(H,18,20). The Morgan fingerprint density at radius 3 is 2.38 bits per heavy atom. The second-order valence-electron chi connectivity index (χ2n) is 4.52. The first-order chi connectivity index (χ1) is 10.3. The van der Waals surface area contributed by atoms with Crippen LogP contribution in [0.3, 0.4) is 0 Å². The monoisotopic (exact) mass is 294 g/mol. The van der Waals surface area contributed by atoms with Crippen LogP contribution in [0, 0.1) is 0 Å². The van der Waals surface area contributed by atoms with Crippen LogP contribution in [0.5, 0.6) is 0 Å². The van der Waals surface area contributed by atoms with Crippen LogP contribution in [0.15, 0.2) is 60.8 Å². The molecule has 0 radical (unpaired) electrons. The molecule has 1 N–H and O–H groups in total. The summed E-state index contributed by atoms with van der Waals surface area (Å²) in [4.78, 5) is 16.7. The van der Waals surface area contributed by atoms with Gasteiger partial charge in [-0.15, -0.1) is 11.3 Å². The number of nitrogens with one attached hydrogen (secondary N) is 1. The maximum Gasteiger partial charge on any atom is 0.262 e. The Labute approximate surface area is 127 Å². The van der Waals surface area contributed by atoms with Crippen molar-refractivity contribution in [2.24, 2.45) is 0 Å². The summed E-state index contributed by atoms with van der Waals surface area (Å²) >= 11 is 1.40. The molecule has 0 spiro atoms. The van der Waals surface area contributed by atoms with E-state index in [0.29, 0.717) is 4.88 Å². The lowest BCUT2D eigenvalue weighted by Gasteiger charge is -2.07. The Balaban J connectivity index is 2.07. The van der Waals surface area contributed by atoms with Crippen molar-refractivity contribution in [1.29, 1.82) is 0 Å². The van der Waals surface area contributed by atoms with Gasteiger partial charge in [0.15, 0.2) is 0 Å². The molecule has 3 rings (SSSR count). The minimum absolute atomic E-state index is 0.101. The number of nitrogens with zero attached hydrogens (tertiary/aromatic N) is 1. The van der Waals surface area contributed by atoms with Gasteiger partial charge < -0.3 is 5.32 Å². The fraction of sp³-hybridized carbons (Fsp3) is 0.0588. The topological polar surface area (TPSA) is 42.0 Å². The van der Waals surface area contributed by atoms with Gasteiger partial charge in [0.05, 0.1) is 6.20 Å². The van der Waals surface area contributed by atoms with Crippen molar-refractivity contribution in [2.45, 2.75) is 0 Å². The molecule has 0 bridgehead atoms. The van der Waals surface area contributed by atoms with Gasteiger partial charge in [0.25, 0.3) is 5.91 Å². The molecule has 0 aliphatic carbocycles. The van der Waals surface area contributed by atoms with E-state index in [4.69, 9.17) is 0 Å². The van der Waals surface area contributed by atoms with Crippen LogP contribution < -0.4 is 5.32 Å². The molecule has 1 heterocycles. The van der Waals surface area contributed by atoms with Gasteiger partial charge in [-0.25, -0.2) is 4.98 Å². The summed E-state index contributed by atoms with van der Waals surface area (Å²) in [6.07, 6.45) is 1.63. The first kappa shape index (κ1) is 13.5. The second-order valence-corrected chi connectivity index (χ2v) is 5.55. The van der Waals surface area contributed by atoms with Crippen molar-refractivity contribution in [3.8, 4) is 21.7 Å². The van der Waals surface area contributed by atoms with Crippen LogP contribution in [0.4, 0.5) is 0 Å². The summed E-state index contributed by atoms with van der Waals surface area (Å²) in [5.41, 5.74) is 3.31. The van der Waals surface area contributed by atoms with Crippen molar-refractivity contribution in [3.63, 3.8) is 0 Å². The highest BCUT2D eigenvalue weighted by molar-refractivity contribution is 7.17. The molecule has 3 aromatic rings. The van der Waals surface area contributed by atoms with E-state index in [-0.39, 0.29) is 5.91 Å². The minimum Gasteiger partial charge on any atom is -0.354 e.